The van der Waals surface area contributed by atoms with E-state index in [4.69, 9.17) is 48.4 Å². The average molecular weight is 730 g/mol. The minimum atomic E-state index is -2.35. The summed E-state index contributed by atoms with van der Waals surface area (Å²) in [6.45, 7) is 2.82. The number of nitrogens with two attached hydrogens (primary N) is 1. The molecule has 0 saturated carbocycles. The summed E-state index contributed by atoms with van der Waals surface area (Å²) in [5, 5.41) is 109. The third kappa shape index (κ3) is 5.85. The Hall–Kier alpha value is -0.800. The summed E-state index contributed by atoms with van der Waals surface area (Å²) in [5.74, 6) is -2.27. The molecule has 0 aromatic heterocycles. The van der Waals surface area contributed by atoms with E-state index in [0.29, 0.717) is 0 Å². The molecule has 12 N–H and O–H groups in total. The predicted molar refractivity (Wildman–Crippen MR) is 158 cm³/mol. The first kappa shape index (κ1) is 38.9. The van der Waals surface area contributed by atoms with Crippen molar-refractivity contribution < 1.29 is 93.7 Å². The Morgan fingerprint density at radius 3 is 1.88 bits per heavy atom. The number of aliphatic hydroxyl groups excluding tert-OH is 8. The van der Waals surface area contributed by atoms with E-state index in [1.165, 1.54) is 20.8 Å². The summed E-state index contributed by atoms with van der Waals surface area (Å²) in [6.07, 6.45) is -24.1. The van der Waals surface area contributed by atoms with E-state index >= 15 is 0 Å². The van der Waals surface area contributed by atoms with E-state index in [0.717, 1.165) is 0 Å². The van der Waals surface area contributed by atoms with Gasteiger partial charge in [-0.1, -0.05) is 13.8 Å². The van der Waals surface area contributed by atoms with Crippen molar-refractivity contribution in [3.05, 3.63) is 0 Å². The Labute approximate surface area is 287 Å². The van der Waals surface area contributed by atoms with Gasteiger partial charge in [-0.25, -0.2) is 0 Å². The van der Waals surface area contributed by atoms with Gasteiger partial charge in [0, 0.05) is 0 Å². The number of fused-ring (bicyclic) bond motifs is 4. The standard InChI is InChI=1S/C30H51NO19/c1-4-28(40)24(38)12(7-33)49-30(10(3)31,29(28,41)5-2)50-20-14-9-43-23(20)18(37)27(46-14)48-21-15(34)11(6-32)45-26(17(21)36)47-19-13-8-42-22(19)16(35)25(39)44-13/h10-27,32-41H,4-9,31H2,1-3H3/t10?,11-,12-,13+,14+,15-,16+,17-,18+,19+,20+,21+,22+,23+,24-,25-,26+,27+,28+,29-,30+/m1/s1. The van der Waals surface area contributed by atoms with E-state index in [-0.39, 0.29) is 26.1 Å². The average Bonchev–Trinajstić information content (AvgIpc) is 3.58. The maximum atomic E-state index is 12.1. The van der Waals surface area contributed by atoms with E-state index < -0.39 is 141 Å². The fraction of sp³-hybridized carbons (Fsp3) is 1.00. The van der Waals surface area contributed by atoms with Gasteiger partial charge in [0.2, 0.25) is 5.79 Å². The van der Waals surface area contributed by atoms with Crippen molar-refractivity contribution in [3.8, 4) is 0 Å². The summed E-state index contributed by atoms with van der Waals surface area (Å²) in [6, 6.07) is -1.20. The third-order valence-corrected chi connectivity index (χ3v) is 11.2. The predicted octanol–water partition coefficient (Wildman–Crippen LogP) is -6.38. The molecule has 4 bridgehead atoms. The normalized spacial score (nSPS) is 55.7. The van der Waals surface area contributed by atoms with E-state index in [1.807, 2.05) is 0 Å². The van der Waals surface area contributed by atoms with Gasteiger partial charge >= 0.3 is 0 Å². The largest absolute Gasteiger partial charge is 0.394 e. The fourth-order valence-electron chi connectivity index (χ4n) is 8.27. The van der Waals surface area contributed by atoms with Crippen LogP contribution in [-0.4, -0.2) is 205 Å². The number of hydrogen-bond acceptors (Lipinski definition) is 20. The molecule has 21 atom stereocenters. The van der Waals surface area contributed by atoms with Crippen LogP contribution in [0.3, 0.4) is 0 Å². The van der Waals surface area contributed by atoms with Crippen LogP contribution in [0.5, 0.6) is 0 Å². The summed E-state index contributed by atoms with van der Waals surface area (Å²) < 4.78 is 52.5. The molecule has 0 aliphatic carbocycles. The lowest BCUT2D eigenvalue weighted by atomic mass is 9.65. The van der Waals surface area contributed by atoms with Gasteiger partial charge in [0.25, 0.3) is 0 Å². The molecule has 0 spiro atoms. The van der Waals surface area contributed by atoms with Crippen LogP contribution in [0, 0.1) is 0 Å². The van der Waals surface area contributed by atoms with Crippen molar-refractivity contribution in [2.75, 3.05) is 26.4 Å². The Bertz CT molecular complexity index is 1170. The quantitative estimate of drug-likeness (QED) is 0.0942. The highest BCUT2D eigenvalue weighted by Crippen LogP contribution is 2.52. The molecule has 6 aliphatic rings. The van der Waals surface area contributed by atoms with Crippen molar-refractivity contribution in [1.82, 2.24) is 0 Å². The zero-order valence-electron chi connectivity index (χ0n) is 27.9. The van der Waals surface area contributed by atoms with Gasteiger partial charge < -0.3 is 99.4 Å². The molecule has 1 unspecified atom stereocenters. The second-order valence-corrected chi connectivity index (χ2v) is 13.9. The van der Waals surface area contributed by atoms with Crippen LogP contribution in [0.2, 0.25) is 0 Å². The molecule has 0 aromatic rings. The molecule has 6 fully saturated rings. The molecule has 0 amide bonds. The molecule has 6 rings (SSSR count). The Balaban J connectivity index is 1.21. The highest BCUT2D eigenvalue weighted by Gasteiger charge is 2.73. The minimum absolute atomic E-state index is 0.0315. The molecule has 6 heterocycles. The smallest absolute Gasteiger partial charge is 0.216 e. The molecule has 0 aromatic carbocycles. The lowest BCUT2D eigenvalue weighted by molar-refractivity contribution is -0.450. The van der Waals surface area contributed by atoms with Crippen molar-refractivity contribution in [2.45, 2.75) is 161 Å². The van der Waals surface area contributed by atoms with Gasteiger partial charge in [0.05, 0.1) is 32.5 Å². The zero-order valence-corrected chi connectivity index (χ0v) is 27.9. The van der Waals surface area contributed by atoms with Crippen LogP contribution in [0.25, 0.3) is 0 Å². The first-order valence-corrected chi connectivity index (χ1v) is 17.0. The van der Waals surface area contributed by atoms with Gasteiger partial charge in [-0.3, -0.25) is 0 Å². The van der Waals surface area contributed by atoms with Crippen molar-refractivity contribution in [1.29, 1.82) is 0 Å². The molecule has 6 aliphatic heterocycles. The van der Waals surface area contributed by atoms with E-state index in [2.05, 4.69) is 0 Å². The molecule has 20 nitrogen and oxygen atoms in total. The molecular weight excluding hydrogens is 678 g/mol. The van der Waals surface area contributed by atoms with Gasteiger partial charge in [-0.15, -0.1) is 0 Å². The van der Waals surface area contributed by atoms with Crippen molar-refractivity contribution in [2.24, 2.45) is 5.73 Å². The molecule has 50 heavy (non-hydrogen) atoms. The molecule has 0 radical (unpaired) electrons. The number of rotatable bonds is 11. The van der Waals surface area contributed by atoms with Gasteiger partial charge in [-0.05, 0) is 19.8 Å². The van der Waals surface area contributed by atoms with E-state index in [9.17, 15) is 51.1 Å². The number of aliphatic hydroxyl groups is 10. The monoisotopic (exact) mass is 729 g/mol. The SMILES string of the molecule is CC[C@]1(O)[C@@](O[C@@H]2[C@H]3OC[C@@H]2O[C@@H](O[C@@H]2[C@@H](O)[C@H](O[C@@H]4[C@H]5OC[C@@H]4O[C@@H](O)[C@H]5O)O[C@H](CO)[C@H]2O)[C@H]3O)(C(C)N)O[C@H](CO)[C@@H](O)[C@@]1(O)CC. The molecular formula is C30H51NO19. The lowest BCUT2D eigenvalue weighted by Crippen LogP contribution is -2.83. The number of ether oxygens (including phenoxy) is 9. The molecule has 290 valence electrons. The maximum Gasteiger partial charge on any atom is 0.216 e. The molecule has 20 heteroatoms. The van der Waals surface area contributed by atoms with Crippen LogP contribution >= 0.6 is 0 Å². The minimum Gasteiger partial charge on any atom is -0.394 e. The van der Waals surface area contributed by atoms with Gasteiger partial charge in [-0.2, -0.15) is 0 Å². The molecule has 6 saturated heterocycles. The van der Waals surface area contributed by atoms with Gasteiger partial charge in [0.15, 0.2) is 24.5 Å². The van der Waals surface area contributed by atoms with Crippen LogP contribution in [0.4, 0.5) is 0 Å². The highest BCUT2D eigenvalue weighted by molar-refractivity contribution is 5.19. The van der Waals surface area contributed by atoms with Crippen molar-refractivity contribution >= 4 is 0 Å². The Kier molecular flexibility index (Phi) is 11.2. The summed E-state index contributed by atoms with van der Waals surface area (Å²) in [5.41, 5.74) is 1.78. The first-order valence-electron chi connectivity index (χ1n) is 17.0. The summed E-state index contributed by atoms with van der Waals surface area (Å²) >= 11 is 0. The Morgan fingerprint density at radius 1 is 0.720 bits per heavy atom. The van der Waals surface area contributed by atoms with Crippen LogP contribution in [-0.2, 0) is 42.6 Å². The van der Waals surface area contributed by atoms with E-state index in [1.54, 1.807) is 0 Å². The summed E-state index contributed by atoms with van der Waals surface area (Å²) in [4.78, 5) is 0. The highest BCUT2D eigenvalue weighted by atomic mass is 16.8. The van der Waals surface area contributed by atoms with Gasteiger partial charge in [0.1, 0.15) is 91.1 Å². The van der Waals surface area contributed by atoms with Crippen LogP contribution in [0.15, 0.2) is 0 Å². The second kappa shape index (κ2) is 14.5. The van der Waals surface area contributed by atoms with Crippen molar-refractivity contribution in [3.63, 3.8) is 0 Å². The lowest BCUT2D eigenvalue weighted by Gasteiger charge is -2.62. The first-order chi connectivity index (χ1) is 23.6. The van der Waals surface area contributed by atoms with Crippen LogP contribution < -0.4 is 5.73 Å². The maximum absolute atomic E-state index is 12.1. The third-order valence-electron chi connectivity index (χ3n) is 11.2. The zero-order chi connectivity index (χ0) is 36.5. The van der Waals surface area contributed by atoms with Crippen LogP contribution in [0.1, 0.15) is 33.6 Å². The Morgan fingerprint density at radius 2 is 1.30 bits per heavy atom. The topological polar surface area (TPSA) is 311 Å². The number of hydrogen-bond donors (Lipinski definition) is 11. The second-order valence-electron chi connectivity index (χ2n) is 13.9. The summed E-state index contributed by atoms with van der Waals surface area (Å²) in [7, 11) is 0. The fourth-order valence-corrected chi connectivity index (χ4v) is 8.27.